The Morgan fingerprint density at radius 1 is 1.09 bits per heavy atom. The SMILES string of the molecule is O=C(Nc1nnc(CCc2ccccc2)s1)c1cccnc1F. The summed E-state index contributed by atoms with van der Waals surface area (Å²) in [6, 6.07) is 12.9. The van der Waals surface area contributed by atoms with Gasteiger partial charge in [-0.05, 0) is 24.1 Å². The number of amides is 1. The van der Waals surface area contributed by atoms with Crippen molar-refractivity contribution in [2.24, 2.45) is 0 Å². The third-order valence-corrected chi connectivity index (χ3v) is 4.06. The van der Waals surface area contributed by atoms with E-state index in [1.54, 1.807) is 0 Å². The zero-order valence-corrected chi connectivity index (χ0v) is 12.9. The number of pyridine rings is 1. The van der Waals surface area contributed by atoms with Gasteiger partial charge in [-0.15, -0.1) is 10.2 Å². The molecule has 0 fully saturated rings. The van der Waals surface area contributed by atoms with Crippen LogP contribution in [0.5, 0.6) is 0 Å². The molecule has 0 radical (unpaired) electrons. The number of aryl methyl sites for hydroxylation is 2. The van der Waals surface area contributed by atoms with Crippen LogP contribution in [0.4, 0.5) is 9.52 Å². The molecule has 1 N–H and O–H groups in total. The van der Waals surface area contributed by atoms with Crippen molar-refractivity contribution >= 4 is 22.4 Å². The molecular formula is C16H13FN4OS. The Hall–Kier alpha value is -2.67. The van der Waals surface area contributed by atoms with Crippen LogP contribution in [0, 0.1) is 5.95 Å². The Morgan fingerprint density at radius 3 is 2.70 bits per heavy atom. The lowest BCUT2D eigenvalue weighted by Gasteiger charge is -2.01. The van der Waals surface area contributed by atoms with Gasteiger partial charge in [0.25, 0.3) is 5.91 Å². The van der Waals surface area contributed by atoms with E-state index in [1.165, 1.54) is 35.2 Å². The van der Waals surface area contributed by atoms with Crippen molar-refractivity contribution in [3.05, 3.63) is 70.7 Å². The zero-order valence-electron chi connectivity index (χ0n) is 12.1. The van der Waals surface area contributed by atoms with E-state index in [9.17, 15) is 9.18 Å². The molecule has 5 nitrogen and oxygen atoms in total. The summed E-state index contributed by atoms with van der Waals surface area (Å²) < 4.78 is 13.5. The van der Waals surface area contributed by atoms with Gasteiger partial charge in [0.15, 0.2) is 0 Å². The van der Waals surface area contributed by atoms with Gasteiger partial charge in [0.05, 0.1) is 5.56 Å². The van der Waals surface area contributed by atoms with E-state index in [-0.39, 0.29) is 5.56 Å². The summed E-state index contributed by atoms with van der Waals surface area (Å²) >= 11 is 1.28. The largest absolute Gasteiger partial charge is 0.296 e. The highest BCUT2D eigenvalue weighted by molar-refractivity contribution is 7.15. The standard InChI is InChI=1S/C16H13FN4OS/c17-14-12(7-4-10-18-14)15(22)19-16-21-20-13(23-16)9-8-11-5-2-1-3-6-11/h1-7,10H,8-9H2,(H,19,21,22). The van der Waals surface area contributed by atoms with Crippen LogP contribution < -0.4 is 5.32 Å². The molecule has 0 aliphatic carbocycles. The number of nitrogens with one attached hydrogen (secondary N) is 1. The lowest BCUT2D eigenvalue weighted by molar-refractivity contribution is 0.102. The predicted molar refractivity (Wildman–Crippen MR) is 85.9 cm³/mol. The molecule has 0 atom stereocenters. The smallest absolute Gasteiger partial charge is 0.262 e. The van der Waals surface area contributed by atoms with Crippen LogP contribution in [0.15, 0.2) is 48.7 Å². The van der Waals surface area contributed by atoms with E-state index in [0.717, 1.165) is 17.8 Å². The first kappa shape index (κ1) is 15.2. The minimum absolute atomic E-state index is 0.117. The number of aromatic nitrogens is 3. The zero-order chi connectivity index (χ0) is 16.1. The number of benzene rings is 1. The van der Waals surface area contributed by atoms with Crippen molar-refractivity contribution in [3.63, 3.8) is 0 Å². The van der Waals surface area contributed by atoms with E-state index < -0.39 is 11.9 Å². The van der Waals surface area contributed by atoms with Gasteiger partial charge in [-0.1, -0.05) is 41.7 Å². The average Bonchev–Trinajstić information content (AvgIpc) is 3.02. The van der Waals surface area contributed by atoms with Gasteiger partial charge in [-0.25, -0.2) is 4.98 Å². The summed E-state index contributed by atoms with van der Waals surface area (Å²) in [5, 5.41) is 11.7. The quantitative estimate of drug-likeness (QED) is 0.731. The number of anilines is 1. The second kappa shape index (κ2) is 7.06. The number of carbonyl (C=O) groups excluding carboxylic acids is 1. The number of halogens is 1. The van der Waals surface area contributed by atoms with E-state index >= 15 is 0 Å². The van der Waals surface area contributed by atoms with Gasteiger partial charge >= 0.3 is 0 Å². The molecule has 3 aromatic rings. The first-order valence-corrected chi connectivity index (χ1v) is 7.82. The minimum atomic E-state index is -0.807. The van der Waals surface area contributed by atoms with Gasteiger partial charge in [0, 0.05) is 12.6 Å². The van der Waals surface area contributed by atoms with Crippen molar-refractivity contribution in [1.29, 1.82) is 0 Å². The van der Waals surface area contributed by atoms with Gasteiger partial charge in [0.1, 0.15) is 5.01 Å². The molecule has 23 heavy (non-hydrogen) atoms. The van der Waals surface area contributed by atoms with Gasteiger partial charge in [-0.3, -0.25) is 10.1 Å². The van der Waals surface area contributed by atoms with Crippen LogP contribution in [0.3, 0.4) is 0 Å². The summed E-state index contributed by atoms with van der Waals surface area (Å²) in [5.41, 5.74) is 1.10. The second-order valence-electron chi connectivity index (χ2n) is 4.78. The molecule has 2 heterocycles. The highest BCUT2D eigenvalue weighted by atomic mass is 32.1. The molecule has 0 saturated carbocycles. The first-order chi connectivity index (χ1) is 11.2. The van der Waals surface area contributed by atoms with Crippen molar-refractivity contribution < 1.29 is 9.18 Å². The monoisotopic (exact) mass is 328 g/mol. The molecule has 0 aliphatic heterocycles. The van der Waals surface area contributed by atoms with E-state index in [2.05, 4.69) is 32.6 Å². The number of rotatable bonds is 5. The number of nitrogens with zero attached hydrogens (tertiary/aromatic N) is 3. The molecule has 0 bridgehead atoms. The maximum Gasteiger partial charge on any atom is 0.262 e. The lowest BCUT2D eigenvalue weighted by Crippen LogP contribution is -2.14. The van der Waals surface area contributed by atoms with E-state index in [0.29, 0.717) is 5.13 Å². The lowest BCUT2D eigenvalue weighted by atomic mass is 10.1. The Kier molecular flexibility index (Phi) is 4.68. The summed E-state index contributed by atoms with van der Waals surface area (Å²) in [4.78, 5) is 15.4. The van der Waals surface area contributed by atoms with Crippen LogP contribution >= 0.6 is 11.3 Å². The summed E-state index contributed by atoms with van der Waals surface area (Å²) in [6.07, 6.45) is 2.87. The summed E-state index contributed by atoms with van der Waals surface area (Å²) in [7, 11) is 0. The molecular weight excluding hydrogens is 315 g/mol. The fourth-order valence-corrected chi connectivity index (χ4v) is 2.76. The van der Waals surface area contributed by atoms with E-state index in [4.69, 9.17) is 0 Å². The number of hydrogen-bond acceptors (Lipinski definition) is 5. The van der Waals surface area contributed by atoms with Crippen molar-refractivity contribution in [2.45, 2.75) is 12.8 Å². The maximum absolute atomic E-state index is 13.5. The molecule has 3 rings (SSSR count). The highest BCUT2D eigenvalue weighted by Crippen LogP contribution is 2.18. The van der Waals surface area contributed by atoms with Crippen LogP contribution in [-0.2, 0) is 12.8 Å². The summed E-state index contributed by atoms with van der Waals surface area (Å²) in [5.74, 6) is -1.39. The Balaban J connectivity index is 1.61. The summed E-state index contributed by atoms with van der Waals surface area (Å²) in [6.45, 7) is 0. The van der Waals surface area contributed by atoms with Crippen molar-refractivity contribution in [1.82, 2.24) is 15.2 Å². The van der Waals surface area contributed by atoms with Gasteiger partial charge in [-0.2, -0.15) is 4.39 Å². The molecule has 0 saturated heterocycles. The van der Waals surface area contributed by atoms with Crippen LogP contribution in [0.2, 0.25) is 0 Å². The molecule has 2 aromatic heterocycles. The molecule has 0 aliphatic rings. The Bertz CT molecular complexity index is 807. The normalized spacial score (nSPS) is 10.5. The molecule has 1 amide bonds. The highest BCUT2D eigenvalue weighted by Gasteiger charge is 2.14. The first-order valence-electron chi connectivity index (χ1n) is 7.00. The Morgan fingerprint density at radius 2 is 1.91 bits per heavy atom. The average molecular weight is 328 g/mol. The topological polar surface area (TPSA) is 67.8 Å². The second-order valence-corrected chi connectivity index (χ2v) is 5.84. The van der Waals surface area contributed by atoms with Crippen molar-refractivity contribution in [3.8, 4) is 0 Å². The minimum Gasteiger partial charge on any atom is -0.296 e. The van der Waals surface area contributed by atoms with Crippen LogP contribution in [-0.4, -0.2) is 21.1 Å². The number of carbonyl (C=O) groups is 1. The van der Waals surface area contributed by atoms with Crippen LogP contribution in [0.1, 0.15) is 20.9 Å². The fourth-order valence-electron chi connectivity index (χ4n) is 2.02. The van der Waals surface area contributed by atoms with Crippen molar-refractivity contribution in [2.75, 3.05) is 5.32 Å². The fraction of sp³-hybridized carbons (Fsp3) is 0.125. The van der Waals surface area contributed by atoms with Gasteiger partial charge < -0.3 is 0 Å². The predicted octanol–water partition coefficient (Wildman–Crippen LogP) is 3.11. The van der Waals surface area contributed by atoms with Gasteiger partial charge in [0.2, 0.25) is 11.1 Å². The third kappa shape index (κ3) is 3.95. The maximum atomic E-state index is 13.5. The van der Waals surface area contributed by atoms with E-state index in [1.807, 2.05) is 18.2 Å². The molecule has 1 aromatic carbocycles. The number of hydrogen-bond donors (Lipinski definition) is 1. The third-order valence-electron chi connectivity index (χ3n) is 3.16. The molecule has 0 spiro atoms. The molecule has 0 unspecified atom stereocenters. The molecule has 116 valence electrons. The molecule has 7 heteroatoms. The Labute approximate surface area is 136 Å². The van der Waals surface area contributed by atoms with Crippen LogP contribution in [0.25, 0.3) is 0 Å².